The molecule has 2 rings (SSSR count). The molecule has 0 fully saturated rings. The van der Waals surface area contributed by atoms with Crippen molar-refractivity contribution in [1.29, 1.82) is 0 Å². The van der Waals surface area contributed by atoms with Gasteiger partial charge in [0, 0.05) is 11.2 Å². The first-order valence-corrected chi connectivity index (χ1v) is 6.33. The molecule has 0 aliphatic carbocycles. The van der Waals surface area contributed by atoms with E-state index in [1.165, 1.54) is 0 Å². The molecule has 0 radical (unpaired) electrons. The average Bonchev–Trinajstić information content (AvgIpc) is 2.65. The zero-order valence-corrected chi connectivity index (χ0v) is 11.7. The third kappa shape index (κ3) is 2.59. The Balaban J connectivity index is 2.52. The van der Waals surface area contributed by atoms with Crippen molar-refractivity contribution in [1.82, 2.24) is 9.78 Å². The maximum atomic E-state index is 6.13. The summed E-state index contributed by atoms with van der Waals surface area (Å²) in [4.78, 5) is 0. The van der Waals surface area contributed by atoms with Crippen LogP contribution >= 0.6 is 34.8 Å². The van der Waals surface area contributed by atoms with Gasteiger partial charge < -0.3 is 0 Å². The highest BCUT2D eigenvalue weighted by Gasteiger charge is 2.12. The lowest BCUT2D eigenvalue weighted by molar-refractivity contribution is 0.768. The van der Waals surface area contributed by atoms with Crippen LogP contribution < -0.4 is 0 Å². The van der Waals surface area contributed by atoms with Gasteiger partial charge in [-0.1, -0.05) is 48.7 Å². The van der Waals surface area contributed by atoms with E-state index < -0.39 is 0 Å². The lowest BCUT2D eigenvalue weighted by Gasteiger charge is -2.08. The predicted octanol–water partition coefficient (Wildman–Crippen LogP) is 4.96. The summed E-state index contributed by atoms with van der Waals surface area (Å²) in [7, 11) is 0. The van der Waals surface area contributed by atoms with Gasteiger partial charge in [0.05, 0.1) is 15.7 Å². The second-order valence-corrected chi connectivity index (χ2v) is 5.31. The molecular weight excluding hydrogens is 279 g/mol. The Morgan fingerprint density at radius 3 is 2.18 bits per heavy atom. The topological polar surface area (TPSA) is 17.8 Å². The molecule has 2 aromatic rings. The Hall–Kier alpha value is -0.700. The Morgan fingerprint density at radius 1 is 1.12 bits per heavy atom. The maximum Gasteiger partial charge on any atom is 0.102 e. The molecule has 0 saturated heterocycles. The molecule has 17 heavy (non-hydrogen) atoms. The van der Waals surface area contributed by atoms with Crippen molar-refractivity contribution in [2.75, 3.05) is 0 Å². The highest BCUT2D eigenvalue weighted by Crippen LogP contribution is 2.32. The van der Waals surface area contributed by atoms with E-state index in [-0.39, 0.29) is 0 Å². The number of benzene rings is 1. The Bertz CT molecular complexity index is 523. The number of halogens is 3. The minimum absolute atomic E-state index is 0.362. The van der Waals surface area contributed by atoms with Crippen molar-refractivity contribution in [3.63, 3.8) is 0 Å². The van der Waals surface area contributed by atoms with Crippen LogP contribution in [0.15, 0.2) is 24.4 Å². The molecule has 1 aromatic carbocycles. The SMILES string of the molecule is CC(C)c1ccn(-c2c(Cl)cc(Cl)cc2Cl)n1. The Kier molecular flexibility index (Phi) is 3.67. The minimum Gasteiger partial charge on any atom is -0.238 e. The van der Waals surface area contributed by atoms with Gasteiger partial charge in [-0.15, -0.1) is 0 Å². The first-order valence-electron chi connectivity index (χ1n) is 5.19. The van der Waals surface area contributed by atoms with E-state index >= 15 is 0 Å². The maximum absolute atomic E-state index is 6.13. The molecule has 5 heteroatoms. The van der Waals surface area contributed by atoms with Crippen molar-refractivity contribution in [2.45, 2.75) is 19.8 Å². The number of hydrogen-bond donors (Lipinski definition) is 0. The lowest BCUT2D eigenvalue weighted by Crippen LogP contribution is -1.99. The van der Waals surface area contributed by atoms with Crippen LogP contribution in [0.4, 0.5) is 0 Å². The second kappa shape index (κ2) is 4.89. The number of hydrogen-bond acceptors (Lipinski definition) is 1. The molecule has 1 heterocycles. The molecule has 0 spiro atoms. The monoisotopic (exact) mass is 288 g/mol. The summed E-state index contributed by atoms with van der Waals surface area (Å²) in [6, 6.07) is 5.26. The van der Waals surface area contributed by atoms with Crippen LogP contribution in [0.5, 0.6) is 0 Å². The van der Waals surface area contributed by atoms with E-state index in [0.717, 1.165) is 5.69 Å². The third-order valence-electron chi connectivity index (χ3n) is 2.41. The van der Waals surface area contributed by atoms with Crippen LogP contribution in [0, 0.1) is 0 Å². The van der Waals surface area contributed by atoms with Gasteiger partial charge >= 0.3 is 0 Å². The molecule has 0 atom stereocenters. The predicted molar refractivity (Wildman–Crippen MR) is 72.7 cm³/mol. The second-order valence-electron chi connectivity index (χ2n) is 4.06. The van der Waals surface area contributed by atoms with Crippen LogP contribution in [-0.4, -0.2) is 9.78 Å². The summed E-state index contributed by atoms with van der Waals surface area (Å²) in [6.07, 6.45) is 1.84. The molecule has 0 unspecified atom stereocenters. The summed E-state index contributed by atoms with van der Waals surface area (Å²) in [6.45, 7) is 4.16. The quantitative estimate of drug-likeness (QED) is 0.764. The molecule has 2 nitrogen and oxygen atoms in total. The number of aromatic nitrogens is 2. The molecule has 0 saturated carbocycles. The van der Waals surface area contributed by atoms with Gasteiger partial charge in [0.15, 0.2) is 0 Å². The lowest BCUT2D eigenvalue weighted by atomic mass is 10.1. The van der Waals surface area contributed by atoms with Crippen molar-refractivity contribution < 1.29 is 0 Å². The minimum atomic E-state index is 0.362. The molecule has 0 bridgehead atoms. The summed E-state index contributed by atoms with van der Waals surface area (Å²) >= 11 is 18.1. The number of nitrogens with zero attached hydrogens (tertiary/aromatic N) is 2. The van der Waals surface area contributed by atoms with Crippen molar-refractivity contribution in [3.8, 4) is 5.69 Å². The van der Waals surface area contributed by atoms with E-state index in [9.17, 15) is 0 Å². The first-order chi connectivity index (χ1) is 7.99. The summed E-state index contributed by atoms with van der Waals surface area (Å²) < 4.78 is 1.68. The largest absolute Gasteiger partial charge is 0.238 e. The highest BCUT2D eigenvalue weighted by molar-refractivity contribution is 6.40. The smallest absolute Gasteiger partial charge is 0.102 e. The zero-order chi connectivity index (χ0) is 12.6. The fourth-order valence-corrected chi connectivity index (χ4v) is 2.51. The van der Waals surface area contributed by atoms with Crippen LogP contribution in [0.2, 0.25) is 15.1 Å². The summed E-state index contributed by atoms with van der Waals surface area (Å²) in [5.74, 6) is 0.362. The van der Waals surface area contributed by atoms with Gasteiger partial charge in [-0.05, 0) is 24.1 Å². The van der Waals surface area contributed by atoms with E-state index in [1.807, 2.05) is 12.3 Å². The first kappa shape index (κ1) is 12.7. The molecule has 90 valence electrons. The zero-order valence-electron chi connectivity index (χ0n) is 9.42. The fraction of sp³-hybridized carbons (Fsp3) is 0.250. The van der Waals surface area contributed by atoms with Gasteiger partial charge in [0.1, 0.15) is 5.69 Å². The van der Waals surface area contributed by atoms with E-state index in [2.05, 4.69) is 18.9 Å². The Labute approximate surface area is 115 Å². The molecule has 0 amide bonds. The third-order valence-corrected chi connectivity index (χ3v) is 3.21. The van der Waals surface area contributed by atoms with Crippen LogP contribution in [0.1, 0.15) is 25.5 Å². The van der Waals surface area contributed by atoms with Crippen LogP contribution in [0.3, 0.4) is 0 Å². The van der Waals surface area contributed by atoms with Gasteiger partial charge in [-0.3, -0.25) is 0 Å². The van der Waals surface area contributed by atoms with Gasteiger partial charge in [-0.2, -0.15) is 5.10 Å². The standard InChI is InChI=1S/C12H11Cl3N2/c1-7(2)11-3-4-17(16-11)12-9(14)5-8(13)6-10(12)15/h3-7H,1-2H3. The van der Waals surface area contributed by atoms with E-state index in [1.54, 1.807) is 16.8 Å². The van der Waals surface area contributed by atoms with Gasteiger partial charge in [-0.25, -0.2) is 4.68 Å². The number of rotatable bonds is 2. The summed E-state index contributed by atoms with van der Waals surface area (Å²) in [5.41, 5.74) is 1.65. The normalized spacial score (nSPS) is 11.2. The van der Waals surface area contributed by atoms with Crippen molar-refractivity contribution >= 4 is 34.8 Å². The van der Waals surface area contributed by atoms with Crippen LogP contribution in [0.25, 0.3) is 5.69 Å². The van der Waals surface area contributed by atoms with Crippen LogP contribution in [-0.2, 0) is 0 Å². The Morgan fingerprint density at radius 2 is 1.71 bits per heavy atom. The average molecular weight is 290 g/mol. The molecule has 1 aromatic heterocycles. The fourth-order valence-electron chi connectivity index (χ4n) is 1.52. The molecular formula is C12H11Cl3N2. The summed E-state index contributed by atoms with van der Waals surface area (Å²) in [5, 5.41) is 5.92. The van der Waals surface area contributed by atoms with Gasteiger partial charge in [0.2, 0.25) is 0 Å². The van der Waals surface area contributed by atoms with Crippen molar-refractivity contribution in [2.24, 2.45) is 0 Å². The van der Waals surface area contributed by atoms with Crippen molar-refractivity contribution in [3.05, 3.63) is 45.2 Å². The molecule has 0 aliphatic heterocycles. The molecule has 0 aliphatic rings. The molecule has 0 N–H and O–H groups in total. The van der Waals surface area contributed by atoms with E-state index in [0.29, 0.717) is 26.7 Å². The van der Waals surface area contributed by atoms with Gasteiger partial charge in [0.25, 0.3) is 0 Å². The highest BCUT2D eigenvalue weighted by atomic mass is 35.5. The van der Waals surface area contributed by atoms with E-state index in [4.69, 9.17) is 34.8 Å².